The summed E-state index contributed by atoms with van der Waals surface area (Å²) >= 11 is 0. The molecule has 0 aromatic carbocycles. The Balaban J connectivity index is 2.05. The van der Waals surface area contributed by atoms with Crippen LogP contribution in [0.15, 0.2) is 6.07 Å². The van der Waals surface area contributed by atoms with Crippen LogP contribution in [0.25, 0.3) is 0 Å². The number of rotatable bonds is 3. The maximum absolute atomic E-state index is 9.20. The minimum Gasteiger partial charge on any atom is -0.381 e. The minimum atomic E-state index is 0.166. The molecular weight excluding hydrogens is 240 g/mol. The Hall–Kier alpha value is -1.64. The minimum absolute atomic E-state index is 0.166. The van der Waals surface area contributed by atoms with Crippen LogP contribution in [0.1, 0.15) is 17.0 Å². The van der Waals surface area contributed by atoms with Gasteiger partial charge >= 0.3 is 0 Å². The molecule has 102 valence electrons. The van der Waals surface area contributed by atoms with Crippen molar-refractivity contribution in [2.24, 2.45) is 0 Å². The molecule has 0 saturated carbocycles. The standard InChI is InChI=1S/C14H20N4O/c1-10-6-14(13(7-15)11(2)17-10)16-8-12-9-18(3)4-5-19-12/h6,12H,4-5,8-9H2,1-3H3,(H,16,17). The Kier molecular flexibility index (Phi) is 4.35. The molecule has 1 aromatic heterocycles. The van der Waals surface area contributed by atoms with Gasteiger partial charge in [0.2, 0.25) is 0 Å². The predicted molar refractivity (Wildman–Crippen MR) is 74.2 cm³/mol. The van der Waals surface area contributed by atoms with E-state index < -0.39 is 0 Å². The molecule has 1 saturated heterocycles. The van der Waals surface area contributed by atoms with E-state index in [4.69, 9.17) is 4.74 Å². The fourth-order valence-corrected chi connectivity index (χ4v) is 2.32. The number of hydrogen-bond acceptors (Lipinski definition) is 5. The third-order valence-corrected chi connectivity index (χ3v) is 3.30. The van der Waals surface area contributed by atoms with E-state index >= 15 is 0 Å². The average Bonchev–Trinajstić information content (AvgIpc) is 2.36. The zero-order chi connectivity index (χ0) is 13.8. The van der Waals surface area contributed by atoms with Gasteiger partial charge in [-0.3, -0.25) is 4.98 Å². The van der Waals surface area contributed by atoms with Crippen LogP contribution >= 0.6 is 0 Å². The van der Waals surface area contributed by atoms with Crippen LogP contribution in [0.5, 0.6) is 0 Å². The highest BCUT2D eigenvalue weighted by Crippen LogP contribution is 2.19. The molecule has 0 amide bonds. The number of nitrogens with one attached hydrogen (secondary N) is 1. The van der Waals surface area contributed by atoms with E-state index in [1.807, 2.05) is 19.9 Å². The third kappa shape index (κ3) is 3.43. The second kappa shape index (κ2) is 6.00. The van der Waals surface area contributed by atoms with Gasteiger partial charge in [0.15, 0.2) is 0 Å². The molecule has 19 heavy (non-hydrogen) atoms. The lowest BCUT2D eigenvalue weighted by Gasteiger charge is -2.30. The first-order valence-corrected chi connectivity index (χ1v) is 6.52. The fraction of sp³-hybridized carbons (Fsp3) is 0.571. The molecule has 1 unspecified atom stereocenters. The van der Waals surface area contributed by atoms with Crippen LogP contribution in [0.4, 0.5) is 5.69 Å². The van der Waals surface area contributed by atoms with Crippen LogP contribution in [0.3, 0.4) is 0 Å². The smallest absolute Gasteiger partial charge is 0.103 e. The SMILES string of the molecule is Cc1cc(NCC2CN(C)CCO2)c(C#N)c(C)n1. The number of morpholine rings is 1. The van der Waals surface area contributed by atoms with Crippen molar-refractivity contribution in [3.8, 4) is 6.07 Å². The molecule has 2 rings (SSSR count). The summed E-state index contributed by atoms with van der Waals surface area (Å²) in [6.45, 7) is 7.17. The number of ether oxygens (including phenoxy) is 1. The fourth-order valence-electron chi connectivity index (χ4n) is 2.32. The van der Waals surface area contributed by atoms with Crippen molar-refractivity contribution in [3.63, 3.8) is 0 Å². The summed E-state index contributed by atoms with van der Waals surface area (Å²) in [5.41, 5.74) is 3.16. The van der Waals surface area contributed by atoms with Gasteiger partial charge in [-0.15, -0.1) is 0 Å². The maximum Gasteiger partial charge on any atom is 0.103 e. The van der Waals surface area contributed by atoms with E-state index in [0.717, 1.165) is 36.8 Å². The molecule has 0 aliphatic carbocycles. The Morgan fingerprint density at radius 3 is 3.05 bits per heavy atom. The largest absolute Gasteiger partial charge is 0.381 e. The number of aryl methyl sites for hydroxylation is 2. The van der Waals surface area contributed by atoms with Gasteiger partial charge in [0.1, 0.15) is 6.07 Å². The van der Waals surface area contributed by atoms with E-state index in [-0.39, 0.29) is 6.10 Å². The predicted octanol–water partition coefficient (Wildman–Crippen LogP) is 1.31. The van der Waals surface area contributed by atoms with Gasteiger partial charge in [-0.1, -0.05) is 0 Å². The number of nitrogens with zero attached hydrogens (tertiary/aromatic N) is 3. The summed E-state index contributed by atoms with van der Waals surface area (Å²) in [5.74, 6) is 0. The van der Waals surface area contributed by atoms with E-state index in [0.29, 0.717) is 12.1 Å². The van der Waals surface area contributed by atoms with Gasteiger partial charge in [-0.25, -0.2) is 0 Å². The van der Waals surface area contributed by atoms with Crippen molar-refractivity contribution in [1.29, 1.82) is 5.26 Å². The zero-order valence-electron chi connectivity index (χ0n) is 11.7. The first-order valence-electron chi connectivity index (χ1n) is 6.52. The molecule has 5 heteroatoms. The lowest BCUT2D eigenvalue weighted by atomic mass is 10.1. The molecule has 2 heterocycles. The van der Waals surface area contributed by atoms with Crippen LogP contribution in [-0.4, -0.2) is 49.3 Å². The van der Waals surface area contributed by atoms with Crippen molar-refractivity contribution >= 4 is 5.69 Å². The molecule has 1 N–H and O–H groups in total. The van der Waals surface area contributed by atoms with E-state index in [1.54, 1.807) is 0 Å². The molecule has 0 radical (unpaired) electrons. The van der Waals surface area contributed by atoms with Gasteiger partial charge in [-0.2, -0.15) is 5.26 Å². The highest BCUT2D eigenvalue weighted by molar-refractivity contribution is 5.59. The number of hydrogen-bond donors (Lipinski definition) is 1. The maximum atomic E-state index is 9.20. The molecule has 5 nitrogen and oxygen atoms in total. The molecule has 1 aliphatic rings. The first-order chi connectivity index (χ1) is 9.10. The molecule has 0 spiro atoms. The number of pyridine rings is 1. The van der Waals surface area contributed by atoms with Crippen molar-refractivity contribution < 1.29 is 4.74 Å². The van der Waals surface area contributed by atoms with Gasteiger partial charge in [-0.05, 0) is 27.0 Å². The van der Waals surface area contributed by atoms with Crippen LogP contribution in [0, 0.1) is 25.2 Å². The van der Waals surface area contributed by atoms with Gasteiger partial charge in [0.25, 0.3) is 0 Å². The Labute approximate surface area is 114 Å². The van der Waals surface area contributed by atoms with Crippen molar-refractivity contribution in [2.75, 3.05) is 38.6 Å². The van der Waals surface area contributed by atoms with Crippen LogP contribution in [0.2, 0.25) is 0 Å². The second-order valence-electron chi connectivity index (χ2n) is 5.02. The first kappa shape index (κ1) is 13.8. The summed E-state index contributed by atoms with van der Waals surface area (Å²) in [4.78, 5) is 6.56. The number of nitriles is 1. The second-order valence-corrected chi connectivity index (χ2v) is 5.02. The third-order valence-electron chi connectivity index (χ3n) is 3.30. The normalized spacial score (nSPS) is 20.0. The monoisotopic (exact) mass is 260 g/mol. The summed E-state index contributed by atoms with van der Waals surface area (Å²) < 4.78 is 5.70. The van der Waals surface area contributed by atoms with Gasteiger partial charge in [0.05, 0.1) is 29.7 Å². The van der Waals surface area contributed by atoms with E-state index in [1.165, 1.54) is 0 Å². The molecule has 0 bridgehead atoms. The van der Waals surface area contributed by atoms with Crippen molar-refractivity contribution in [3.05, 3.63) is 23.0 Å². The Morgan fingerprint density at radius 2 is 2.37 bits per heavy atom. The zero-order valence-corrected chi connectivity index (χ0v) is 11.7. The molecule has 1 atom stereocenters. The summed E-state index contributed by atoms with van der Waals surface area (Å²) in [6, 6.07) is 4.13. The Bertz CT molecular complexity index is 495. The van der Waals surface area contributed by atoms with E-state index in [2.05, 4.69) is 28.3 Å². The van der Waals surface area contributed by atoms with Gasteiger partial charge < -0.3 is 15.0 Å². The summed E-state index contributed by atoms with van der Waals surface area (Å²) in [6.07, 6.45) is 0.166. The van der Waals surface area contributed by atoms with Crippen molar-refractivity contribution in [1.82, 2.24) is 9.88 Å². The van der Waals surface area contributed by atoms with Crippen LogP contribution < -0.4 is 5.32 Å². The van der Waals surface area contributed by atoms with Crippen molar-refractivity contribution in [2.45, 2.75) is 20.0 Å². The Morgan fingerprint density at radius 1 is 1.58 bits per heavy atom. The average molecular weight is 260 g/mol. The lowest BCUT2D eigenvalue weighted by molar-refractivity contribution is -0.0117. The molecule has 1 aliphatic heterocycles. The number of likely N-dealkylation sites (N-methyl/N-ethyl adjacent to an activating group) is 1. The molecule has 1 fully saturated rings. The van der Waals surface area contributed by atoms with E-state index in [9.17, 15) is 5.26 Å². The number of anilines is 1. The summed E-state index contributed by atoms with van der Waals surface area (Å²) in [7, 11) is 2.09. The summed E-state index contributed by atoms with van der Waals surface area (Å²) in [5, 5.41) is 12.5. The lowest BCUT2D eigenvalue weighted by Crippen LogP contribution is -2.43. The quantitative estimate of drug-likeness (QED) is 0.888. The van der Waals surface area contributed by atoms with Crippen LogP contribution in [-0.2, 0) is 4.74 Å². The molecule has 1 aromatic rings. The number of aromatic nitrogens is 1. The highest BCUT2D eigenvalue weighted by Gasteiger charge is 2.18. The topological polar surface area (TPSA) is 61.2 Å². The molecular formula is C14H20N4O. The van der Waals surface area contributed by atoms with Gasteiger partial charge in [0, 0.05) is 25.3 Å². The highest BCUT2D eigenvalue weighted by atomic mass is 16.5.